The lowest BCUT2D eigenvalue weighted by Gasteiger charge is -2.33. The van der Waals surface area contributed by atoms with Gasteiger partial charge in [0.15, 0.2) is 5.69 Å². The first-order valence-electron chi connectivity index (χ1n) is 9.38. The summed E-state index contributed by atoms with van der Waals surface area (Å²) in [6.07, 6.45) is 0.340. The fourth-order valence-corrected chi connectivity index (χ4v) is 4.21. The Labute approximate surface area is 155 Å². The predicted molar refractivity (Wildman–Crippen MR) is 92.5 cm³/mol. The molecule has 4 nitrogen and oxygen atoms in total. The maximum atomic E-state index is 13.3. The summed E-state index contributed by atoms with van der Waals surface area (Å²) in [5.41, 5.74) is 1.06. The van der Waals surface area contributed by atoms with E-state index in [1.165, 1.54) is 6.07 Å². The van der Waals surface area contributed by atoms with Crippen LogP contribution in [0.2, 0.25) is 0 Å². The number of benzene rings is 1. The van der Waals surface area contributed by atoms with Crippen molar-refractivity contribution >= 4 is 5.91 Å². The molecule has 0 spiro atoms. The minimum absolute atomic E-state index is 0.163. The van der Waals surface area contributed by atoms with Gasteiger partial charge in [0, 0.05) is 25.1 Å². The van der Waals surface area contributed by atoms with E-state index in [0.717, 1.165) is 43.1 Å². The summed E-state index contributed by atoms with van der Waals surface area (Å²) >= 11 is 0. The number of amides is 1. The van der Waals surface area contributed by atoms with Crippen molar-refractivity contribution in [2.45, 2.75) is 50.6 Å². The van der Waals surface area contributed by atoms with E-state index in [1.807, 2.05) is 0 Å². The fraction of sp³-hybridized carbons (Fsp3) is 0.500. The average molecular weight is 378 g/mol. The second kappa shape index (κ2) is 7.02. The summed E-state index contributed by atoms with van der Waals surface area (Å²) in [5, 5.41) is 3.98. The molecule has 1 aliphatic carbocycles. The van der Waals surface area contributed by atoms with Gasteiger partial charge in [-0.05, 0) is 49.7 Å². The van der Waals surface area contributed by atoms with Gasteiger partial charge >= 0.3 is 6.18 Å². The number of carbonyl (C=O) groups excluding carboxylic acids is 1. The molecule has 1 aliphatic heterocycles. The number of halogens is 3. The molecular formula is C20H21F3N2O2. The number of piperidine rings is 1. The molecule has 0 saturated carbocycles. The molecule has 144 valence electrons. The SMILES string of the molecule is O=C(c1noc2c1CCCC2)N1CCC(c2ccccc2C(F)(F)F)CC1. The Hall–Kier alpha value is -2.31. The van der Waals surface area contributed by atoms with Crippen LogP contribution in [0.5, 0.6) is 0 Å². The van der Waals surface area contributed by atoms with Crippen molar-refractivity contribution < 1.29 is 22.5 Å². The Morgan fingerprint density at radius 1 is 1.11 bits per heavy atom. The van der Waals surface area contributed by atoms with E-state index in [1.54, 1.807) is 17.0 Å². The Kier molecular flexibility index (Phi) is 4.70. The molecule has 2 aromatic rings. The summed E-state index contributed by atoms with van der Waals surface area (Å²) in [6, 6.07) is 5.75. The zero-order valence-electron chi connectivity index (χ0n) is 14.9. The second-order valence-electron chi connectivity index (χ2n) is 7.29. The van der Waals surface area contributed by atoms with E-state index in [9.17, 15) is 18.0 Å². The van der Waals surface area contributed by atoms with Gasteiger partial charge in [-0.2, -0.15) is 13.2 Å². The largest absolute Gasteiger partial charge is 0.416 e. The molecule has 1 fully saturated rings. The number of fused-ring (bicyclic) bond motifs is 1. The molecule has 1 aromatic carbocycles. The zero-order chi connectivity index (χ0) is 19.0. The van der Waals surface area contributed by atoms with Crippen molar-refractivity contribution in [1.82, 2.24) is 10.1 Å². The molecule has 0 unspecified atom stereocenters. The summed E-state index contributed by atoms with van der Waals surface area (Å²) in [5.74, 6) is 0.446. The molecule has 0 N–H and O–H groups in total. The van der Waals surface area contributed by atoms with Crippen LogP contribution in [-0.2, 0) is 19.0 Å². The zero-order valence-corrected chi connectivity index (χ0v) is 14.9. The summed E-state index contributed by atoms with van der Waals surface area (Å²) in [4.78, 5) is 14.5. The topological polar surface area (TPSA) is 46.3 Å². The first kappa shape index (κ1) is 18.1. The monoisotopic (exact) mass is 378 g/mol. The Morgan fingerprint density at radius 3 is 2.56 bits per heavy atom. The number of aryl methyl sites for hydroxylation is 1. The minimum atomic E-state index is -4.36. The molecule has 7 heteroatoms. The maximum Gasteiger partial charge on any atom is 0.416 e. The Balaban J connectivity index is 1.47. The smallest absolute Gasteiger partial charge is 0.360 e. The van der Waals surface area contributed by atoms with Gasteiger partial charge in [-0.15, -0.1) is 0 Å². The third kappa shape index (κ3) is 3.47. The van der Waals surface area contributed by atoms with Crippen molar-refractivity contribution in [3.05, 3.63) is 52.4 Å². The van der Waals surface area contributed by atoms with Crippen LogP contribution in [-0.4, -0.2) is 29.1 Å². The third-order valence-electron chi connectivity index (χ3n) is 5.64. The number of rotatable bonds is 2. The van der Waals surface area contributed by atoms with E-state index in [-0.39, 0.29) is 11.8 Å². The molecule has 0 atom stereocenters. The minimum Gasteiger partial charge on any atom is -0.360 e. The normalized spacial score (nSPS) is 18.4. The highest BCUT2D eigenvalue weighted by atomic mass is 19.4. The number of likely N-dealkylation sites (tertiary alicyclic amines) is 1. The van der Waals surface area contributed by atoms with Crippen molar-refractivity contribution in [3.8, 4) is 0 Å². The lowest BCUT2D eigenvalue weighted by Crippen LogP contribution is -2.38. The van der Waals surface area contributed by atoms with Gasteiger partial charge in [-0.1, -0.05) is 23.4 Å². The highest BCUT2D eigenvalue weighted by Crippen LogP contribution is 2.39. The molecule has 1 amide bonds. The number of nitrogens with zero attached hydrogens (tertiary/aromatic N) is 2. The van der Waals surface area contributed by atoms with E-state index in [0.29, 0.717) is 37.2 Å². The maximum absolute atomic E-state index is 13.3. The van der Waals surface area contributed by atoms with Gasteiger partial charge in [0.25, 0.3) is 5.91 Å². The highest BCUT2D eigenvalue weighted by Gasteiger charge is 2.36. The standard InChI is InChI=1S/C20H21F3N2O2/c21-20(22,23)16-7-3-1-5-14(16)13-9-11-25(12-10-13)19(26)18-15-6-2-4-8-17(15)27-24-18/h1,3,5,7,13H,2,4,6,8-12H2. The van der Waals surface area contributed by atoms with Crippen molar-refractivity contribution in [1.29, 1.82) is 0 Å². The van der Waals surface area contributed by atoms with Crippen molar-refractivity contribution in [3.63, 3.8) is 0 Å². The van der Waals surface area contributed by atoms with Crippen molar-refractivity contribution in [2.24, 2.45) is 0 Å². The predicted octanol–water partition coefficient (Wildman–Crippen LogP) is 4.59. The Morgan fingerprint density at radius 2 is 1.81 bits per heavy atom. The summed E-state index contributed by atoms with van der Waals surface area (Å²) < 4.78 is 45.1. The molecule has 2 heterocycles. The quantitative estimate of drug-likeness (QED) is 0.768. The van der Waals surface area contributed by atoms with Crippen LogP contribution >= 0.6 is 0 Å². The van der Waals surface area contributed by atoms with Crippen LogP contribution in [0.15, 0.2) is 28.8 Å². The lowest BCUT2D eigenvalue weighted by molar-refractivity contribution is -0.138. The van der Waals surface area contributed by atoms with Gasteiger partial charge in [-0.3, -0.25) is 4.79 Å². The molecule has 1 aromatic heterocycles. The lowest BCUT2D eigenvalue weighted by atomic mass is 9.86. The first-order valence-corrected chi connectivity index (χ1v) is 9.38. The van der Waals surface area contributed by atoms with Crippen LogP contribution < -0.4 is 0 Å². The first-order chi connectivity index (χ1) is 12.9. The number of carbonyl (C=O) groups is 1. The number of aromatic nitrogens is 1. The van der Waals surface area contributed by atoms with Crippen LogP contribution in [0.1, 0.15) is 64.5 Å². The fourth-order valence-electron chi connectivity index (χ4n) is 4.21. The average Bonchev–Trinajstić information content (AvgIpc) is 3.11. The second-order valence-corrected chi connectivity index (χ2v) is 7.29. The van der Waals surface area contributed by atoms with E-state index >= 15 is 0 Å². The highest BCUT2D eigenvalue weighted by molar-refractivity contribution is 5.94. The molecule has 0 bridgehead atoms. The van der Waals surface area contributed by atoms with E-state index in [2.05, 4.69) is 5.16 Å². The summed E-state index contributed by atoms with van der Waals surface area (Å²) in [7, 11) is 0. The molecule has 1 saturated heterocycles. The van der Waals surface area contributed by atoms with Gasteiger partial charge < -0.3 is 9.42 Å². The van der Waals surface area contributed by atoms with Crippen LogP contribution in [0.4, 0.5) is 13.2 Å². The van der Waals surface area contributed by atoms with Gasteiger partial charge in [0.1, 0.15) is 5.76 Å². The van der Waals surface area contributed by atoms with E-state index in [4.69, 9.17) is 4.52 Å². The van der Waals surface area contributed by atoms with Crippen LogP contribution in [0.3, 0.4) is 0 Å². The number of hydrogen-bond donors (Lipinski definition) is 0. The Bertz CT molecular complexity index is 836. The summed E-state index contributed by atoms with van der Waals surface area (Å²) in [6.45, 7) is 0.856. The molecule has 27 heavy (non-hydrogen) atoms. The number of hydrogen-bond acceptors (Lipinski definition) is 3. The van der Waals surface area contributed by atoms with E-state index < -0.39 is 11.7 Å². The molecular weight excluding hydrogens is 357 g/mol. The third-order valence-corrected chi connectivity index (χ3v) is 5.64. The van der Waals surface area contributed by atoms with Crippen LogP contribution in [0.25, 0.3) is 0 Å². The molecule has 4 rings (SSSR count). The van der Waals surface area contributed by atoms with Crippen LogP contribution in [0, 0.1) is 0 Å². The number of alkyl halides is 3. The molecule has 2 aliphatic rings. The van der Waals surface area contributed by atoms with Gasteiger partial charge in [0.05, 0.1) is 5.56 Å². The van der Waals surface area contributed by atoms with Gasteiger partial charge in [-0.25, -0.2) is 0 Å². The van der Waals surface area contributed by atoms with Gasteiger partial charge in [0.2, 0.25) is 0 Å². The van der Waals surface area contributed by atoms with Crippen molar-refractivity contribution in [2.75, 3.05) is 13.1 Å². The molecule has 0 radical (unpaired) electrons.